The molecule has 0 heterocycles. The minimum absolute atomic E-state index is 0.205. The van der Waals surface area contributed by atoms with Crippen LogP contribution in [0.3, 0.4) is 0 Å². The number of aliphatic hydroxyl groups is 1. The zero-order chi connectivity index (χ0) is 9.84. The van der Waals surface area contributed by atoms with E-state index in [0.29, 0.717) is 5.69 Å². The summed E-state index contributed by atoms with van der Waals surface area (Å²) < 4.78 is 0. The van der Waals surface area contributed by atoms with Crippen LogP contribution in [0.2, 0.25) is 0 Å². The van der Waals surface area contributed by atoms with E-state index in [1.165, 1.54) is 0 Å². The first-order chi connectivity index (χ1) is 6.15. The number of aliphatic hydroxyl groups excluding tert-OH is 1. The van der Waals surface area contributed by atoms with Crippen molar-refractivity contribution in [3.8, 4) is 0 Å². The summed E-state index contributed by atoms with van der Waals surface area (Å²) in [6.45, 7) is 1.95. The maximum atomic E-state index is 9.71. The van der Waals surface area contributed by atoms with Crippen LogP contribution in [-0.2, 0) is 0 Å². The lowest BCUT2D eigenvalue weighted by Crippen LogP contribution is -2.27. The van der Waals surface area contributed by atoms with Gasteiger partial charge < -0.3 is 16.6 Å². The molecule has 1 aromatic rings. The molecule has 13 heavy (non-hydrogen) atoms. The molecule has 2 atom stereocenters. The molecule has 0 aliphatic rings. The van der Waals surface area contributed by atoms with Crippen molar-refractivity contribution in [2.24, 2.45) is 5.73 Å². The average molecular weight is 180 g/mol. The molecule has 3 heteroatoms. The van der Waals surface area contributed by atoms with E-state index < -0.39 is 6.10 Å². The molecule has 0 amide bonds. The smallest absolute Gasteiger partial charge is 0.0940 e. The molecule has 72 valence electrons. The largest absolute Gasteiger partial charge is 0.399 e. The Balaban J connectivity index is 2.77. The van der Waals surface area contributed by atoms with Crippen molar-refractivity contribution in [1.29, 1.82) is 0 Å². The molecule has 5 N–H and O–H groups in total. The van der Waals surface area contributed by atoms with E-state index in [1.54, 1.807) is 24.3 Å². The minimum atomic E-state index is -0.592. The second-order valence-electron chi connectivity index (χ2n) is 3.18. The predicted octanol–water partition coefficient (Wildman–Crippen LogP) is 1.04. The van der Waals surface area contributed by atoms with Gasteiger partial charge in [-0.05, 0) is 24.1 Å². The van der Waals surface area contributed by atoms with Gasteiger partial charge in [-0.15, -0.1) is 0 Å². The Kier molecular flexibility index (Phi) is 3.28. The van der Waals surface area contributed by atoms with Crippen molar-refractivity contribution < 1.29 is 5.11 Å². The highest BCUT2D eigenvalue weighted by molar-refractivity contribution is 5.40. The molecule has 2 unspecified atom stereocenters. The van der Waals surface area contributed by atoms with Gasteiger partial charge in [0.15, 0.2) is 0 Å². The summed E-state index contributed by atoms with van der Waals surface area (Å²) in [5, 5.41) is 9.71. The maximum absolute atomic E-state index is 9.71. The molecule has 3 nitrogen and oxygen atoms in total. The van der Waals surface area contributed by atoms with Gasteiger partial charge in [-0.1, -0.05) is 19.1 Å². The first kappa shape index (κ1) is 10.0. The van der Waals surface area contributed by atoms with Crippen LogP contribution >= 0.6 is 0 Å². The third kappa shape index (κ3) is 2.44. The summed E-state index contributed by atoms with van der Waals surface area (Å²) in [4.78, 5) is 0. The molecule has 1 rings (SSSR count). The summed E-state index contributed by atoms with van der Waals surface area (Å²) in [6, 6.07) is 6.93. The molecule has 0 radical (unpaired) electrons. The van der Waals surface area contributed by atoms with Gasteiger partial charge in [0, 0.05) is 11.7 Å². The molecule has 0 aromatic heterocycles. The lowest BCUT2D eigenvalue weighted by molar-refractivity contribution is 0.144. The quantitative estimate of drug-likeness (QED) is 0.608. The molecule has 0 aliphatic carbocycles. The molecule has 1 aromatic carbocycles. The van der Waals surface area contributed by atoms with Crippen molar-refractivity contribution in [3.63, 3.8) is 0 Å². The van der Waals surface area contributed by atoms with Crippen LogP contribution in [0.25, 0.3) is 0 Å². The number of hydrogen-bond donors (Lipinski definition) is 3. The highest BCUT2D eigenvalue weighted by Crippen LogP contribution is 2.18. The topological polar surface area (TPSA) is 72.3 Å². The normalized spacial score (nSPS) is 15.3. The highest BCUT2D eigenvalue weighted by Gasteiger charge is 2.14. The first-order valence-corrected chi connectivity index (χ1v) is 4.44. The molecule has 0 spiro atoms. The van der Waals surface area contributed by atoms with E-state index >= 15 is 0 Å². The number of hydrogen-bond acceptors (Lipinski definition) is 3. The van der Waals surface area contributed by atoms with E-state index in [1.807, 2.05) is 6.92 Å². The monoisotopic (exact) mass is 180 g/mol. The SMILES string of the molecule is CCC(N)C(O)c1ccc(N)cc1. The van der Waals surface area contributed by atoms with Gasteiger partial charge in [-0.2, -0.15) is 0 Å². The molecular weight excluding hydrogens is 164 g/mol. The summed E-state index contributed by atoms with van der Waals surface area (Å²) in [5.74, 6) is 0. The fraction of sp³-hybridized carbons (Fsp3) is 0.400. The van der Waals surface area contributed by atoms with Crippen molar-refractivity contribution in [3.05, 3.63) is 29.8 Å². The Morgan fingerprint density at radius 2 is 1.85 bits per heavy atom. The van der Waals surface area contributed by atoms with E-state index in [-0.39, 0.29) is 6.04 Å². The van der Waals surface area contributed by atoms with Crippen LogP contribution in [0.1, 0.15) is 25.0 Å². The third-order valence-corrected chi connectivity index (χ3v) is 2.15. The van der Waals surface area contributed by atoms with E-state index in [0.717, 1.165) is 12.0 Å². The number of nitrogen functional groups attached to an aromatic ring is 1. The van der Waals surface area contributed by atoms with Crippen molar-refractivity contribution >= 4 is 5.69 Å². The Morgan fingerprint density at radius 3 is 2.31 bits per heavy atom. The maximum Gasteiger partial charge on any atom is 0.0940 e. The van der Waals surface area contributed by atoms with Crippen LogP contribution in [-0.4, -0.2) is 11.1 Å². The lowest BCUT2D eigenvalue weighted by Gasteiger charge is -2.17. The van der Waals surface area contributed by atoms with E-state index in [4.69, 9.17) is 11.5 Å². The second-order valence-corrected chi connectivity index (χ2v) is 3.18. The van der Waals surface area contributed by atoms with Crippen molar-refractivity contribution in [2.75, 3.05) is 5.73 Å². The van der Waals surface area contributed by atoms with Crippen LogP contribution in [0.15, 0.2) is 24.3 Å². The van der Waals surface area contributed by atoms with Crippen LogP contribution < -0.4 is 11.5 Å². The molecule has 0 saturated heterocycles. The highest BCUT2D eigenvalue weighted by atomic mass is 16.3. The fourth-order valence-corrected chi connectivity index (χ4v) is 1.16. The van der Waals surface area contributed by atoms with Crippen molar-refractivity contribution in [2.45, 2.75) is 25.5 Å². The number of rotatable bonds is 3. The van der Waals surface area contributed by atoms with Gasteiger partial charge in [0.05, 0.1) is 6.10 Å². The Hall–Kier alpha value is -1.06. The van der Waals surface area contributed by atoms with Gasteiger partial charge >= 0.3 is 0 Å². The Labute approximate surface area is 78.4 Å². The van der Waals surface area contributed by atoms with Gasteiger partial charge in [0.2, 0.25) is 0 Å². The summed E-state index contributed by atoms with van der Waals surface area (Å²) >= 11 is 0. The van der Waals surface area contributed by atoms with Crippen LogP contribution in [0.5, 0.6) is 0 Å². The van der Waals surface area contributed by atoms with Crippen LogP contribution in [0, 0.1) is 0 Å². The average Bonchev–Trinajstić information content (AvgIpc) is 2.17. The standard InChI is InChI=1S/C10H16N2O/c1-2-9(12)10(13)7-3-5-8(11)6-4-7/h3-6,9-10,13H,2,11-12H2,1H3. The zero-order valence-corrected chi connectivity index (χ0v) is 7.77. The predicted molar refractivity (Wildman–Crippen MR) is 54.1 cm³/mol. The molecule has 0 fully saturated rings. The molecule has 0 bridgehead atoms. The molecule has 0 aliphatic heterocycles. The van der Waals surface area contributed by atoms with E-state index in [9.17, 15) is 5.11 Å². The van der Waals surface area contributed by atoms with Gasteiger partial charge in [0.1, 0.15) is 0 Å². The van der Waals surface area contributed by atoms with E-state index in [2.05, 4.69) is 0 Å². The first-order valence-electron chi connectivity index (χ1n) is 4.44. The van der Waals surface area contributed by atoms with Gasteiger partial charge in [-0.3, -0.25) is 0 Å². The summed E-state index contributed by atoms with van der Waals surface area (Å²) in [6.07, 6.45) is 0.163. The second kappa shape index (κ2) is 4.25. The lowest BCUT2D eigenvalue weighted by atomic mass is 10.0. The van der Waals surface area contributed by atoms with Crippen LogP contribution in [0.4, 0.5) is 5.69 Å². The van der Waals surface area contributed by atoms with Gasteiger partial charge in [-0.25, -0.2) is 0 Å². The van der Waals surface area contributed by atoms with Gasteiger partial charge in [0.25, 0.3) is 0 Å². The zero-order valence-electron chi connectivity index (χ0n) is 7.77. The number of nitrogens with two attached hydrogens (primary N) is 2. The summed E-state index contributed by atoms with van der Waals surface area (Å²) in [7, 11) is 0. The summed E-state index contributed by atoms with van der Waals surface area (Å²) in [5.41, 5.74) is 12.7. The minimum Gasteiger partial charge on any atom is -0.399 e. The molecular formula is C10H16N2O. The Bertz CT molecular complexity index is 258. The van der Waals surface area contributed by atoms with Crippen molar-refractivity contribution in [1.82, 2.24) is 0 Å². The number of benzene rings is 1. The number of anilines is 1. The fourth-order valence-electron chi connectivity index (χ4n) is 1.16. The molecule has 0 saturated carbocycles. The third-order valence-electron chi connectivity index (χ3n) is 2.15. The Morgan fingerprint density at radius 1 is 1.31 bits per heavy atom.